The van der Waals surface area contributed by atoms with Crippen LogP contribution in [0, 0.1) is 11.6 Å². The van der Waals surface area contributed by atoms with E-state index in [9.17, 15) is 13.6 Å². The van der Waals surface area contributed by atoms with Gasteiger partial charge in [0.1, 0.15) is 11.6 Å². The minimum absolute atomic E-state index is 0. The standard InChI is InChI=1S/C18H18F2N2O.ClH/c19-15-5-1-3-13(9-15)10-18(23)22-8-7-21-12-17(22)14-4-2-6-16(20)11-14;/h1-6,9,11,17,21H,7-8,10,12H2;1H. The maximum absolute atomic E-state index is 13.5. The number of rotatable bonds is 3. The SMILES string of the molecule is Cl.O=C(Cc1cccc(F)c1)N1CCNCC1c1cccc(F)c1. The third-order valence-corrected chi connectivity index (χ3v) is 4.04. The molecule has 1 amide bonds. The van der Waals surface area contributed by atoms with Gasteiger partial charge in [-0.3, -0.25) is 4.79 Å². The van der Waals surface area contributed by atoms with Crippen LogP contribution in [-0.2, 0) is 11.2 Å². The normalized spacial score (nSPS) is 17.2. The van der Waals surface area contributed by atoms with Crippen molar-refractivity contribution in [2.45, 2.75) is 12.5 Å². The number of nitrogens with zero attached hydrogens (tertiary/aromatic N) is 1. The van der Waals surface area contributed by atoms with Crippen molar-refractivity contribution >= 4 is 18.3 Å². The van der Waals surface area contributed by atoms with Gasteiger partial charge in [-0.15, -0.1) is 12.4 Å². The van der Waals surface area contributed by atoms with Crippen molar-refractivity contribution in [2.24, 2.45) is 0 Å². The van der Waals surface area contributed by atoms with E-state index in [2.05, 4.69) is 5.32 Å². The Morgan fingerprint density at radius 3 is 2.54 bits per heavy atom. The molecule has 2 aromatic rings. The highest BCUT2D eigenvalue weighted by molar-refractivity contribution is 5.85. The number of carbonyl (C=O) groups excluding carboxylic acids is 1. The first kappa shape index (κ1) is 18.4. The first-order valence-electron chi connectivity index (χ1n) is 7.63. The van der Waals surface area contributed by atoms with E-state index in [1.165, 1.54) is 24.3 Å². The number of hydrogen-bond acceptors (Lipinski definition) is 2. The summed E-state index contributed by atoms with van der Waals surface area (Å²) in [6.45, 7) is 1.83. The molecule has 3 rings (SSSR count). The van der Waals surface area contributed by atoms with Crippen LogP contribution in [0.5, 0.6) is 0 Å². The van der Waals surface area contributed by atoms with Crippen molar-refractivity contribution in [1.82, 2.24) is 10.2 Å². The number of halogens is 3. The summed E-state index contributed by atoms with van der Waals surface area (Å²) in [5.74, 6) is -0.741. The predicted octanol–water partition coefficient (Wildman–Crippen LogP) is 3.10. The lowest BCUT2D eigenvalue weighted by Crippen LogP contribution is -2.49. The predicted molar refractivity (Wildman–Crippen MR) is 91.1 cm³/mol. The summed E-state index contributed by atoms with van der Waals surface area (Å²) in [5.41, 5.74) is 1.41. The molecule has 1 atom stereocenters. The van der Waals surface area contributed by atoms with Gasteiger partial charge in [0.2, 0.25) is 5.91 Å². The van der Waals surface area contributed by atoms with Crippen LogP contribution in [0.2, 0.25) is 0 Å². The minimum atomic E-state index is -0.350. The zero-order valence-electron chi connectivity index (χ0n) is 13.0. The van der Waals surface area contributed by atoms with Crippen LogP contribution >= 0.6 is 12.4 Å². The van der Waals surface area contributed by atoms with E-state index in [1.807, 2.05) is 6.07 Å². The Morgan fingerprint density at radius 1 is 1.12 bits per heavy atom. The van der Waals surface area contributed by atoms with Crippen LogP contribution < -0.4 is 5.32 Å². The second-order valence-electron chi connectivity index (χ2n) is 5.67. The van der Waals surface area contributed by atoms with Gasteiger partial charge in [-0.05, 0) is 35.4 Å². The van der Waals surface area contributed by atoms with Gasteiger partial charge in [0.15, 0.2) is 0 Å². The van der Waals surface area contributed by atoms with Gasteiger partial charge in [0.25, 0.3) is 0 Å². The van der Waals surface area contributed by atoms with E-state index in [-0.39, 0.29) is 42.4 Å². The summed E-state index contributed by atoms with van der Waals surface area (Å²) in [6.07, 6.45) is 0.142. The Kier molecular flexibility index (Phi) is 6.29. The molecule has 1 aliphatic heterocycles. The topological polar surface area (TPSA) is 32.3 Å². The zero-order valence-corrected chi connectivity index (χ0v) is 13.9. The molecule has 1 heterocycles. The number of amides is 1. The first-order valence-corrected chi connectivity index (χ1v) is 7.63. The molecule has 24 heavy (non-hydrogen) atoms. The molecule has 0 aromatic heterocycles. The lowest BCUT2D eigenvalue weighted by atomic mass is 10.0. The molecular formula is C18H19ClF2N2O. The maximum atomic E-state index is 13.5. The van der Waals surface area contributed by atoms with Crippen LogP contribution in [-0.4, -0.2) is 30.4 Å². The van der Waals surface area contributed by atoms with E-state index >= 15 is 0 Å². The lowest BCUT2D eigenvalue weighted by molar-refractivity contribution is -0.133. The summed E-state index contributed by atoms with van der Waals surface area (Å²) >= 11 is 0. The van der Waals surface area contributed by atoms with E-state index in [0.29, 0.717) is 25.2 Å². The van der Waals surface area contributed by atoms with Crippen molar-refractivity contribution < 1.29 is 13.6 Å². The number of nitrogens with one attached hydrogen (secondary N) is 1. The summed E-state index contributed by atoms with van der Waals surface area (Å²) in [7, 11) is 0. The van der Waals surface area contributed by atoms with E-state index in [4.69, 9.17) is 0 Å². The van der Waals surface area contributed by atoms with Crippen molar-refractivity contribution in [2.75, 3.05) is 19.6 Å². The summed E-state index contributed by atoms with van der Waals surface area (Å²) in [4.78, 5) is 14.4. The van der Waals surface area contributed by atoms with Gasteiger partial charge in [-0.2, -0.15) is 0 Å². The fourth-order valence-corrected chi connectivity index (χ4v) is 2.94. The second kappa shape index (κ2) is 8.22. The third-order valence-electron chi connectivity index (χ3n) is 4.04. The molecule has 0 spiro atoms. The second-order valence-corrected chi connectivity index (χ2v) is 5.67. The molecule has 1 fully saturated rings. The molecule has 0 bridgehead atoms. The van der Waals surface area contributed by atoms with Gasteiger partial charge in [-0.1, -0.05) is 24.3 Å². The fraction of sp³-hybridized carbons (Fsp3) is 0.278. The number of piperazine rings is 1. The number of benzene rings is 2. The molecule has 2 aromatic carbocycles. The van der Waals surface area contributed by atoms with Gasteiger partial charge in [-0.25, -0.2) is 8.78 Å². The summed E-state index contributed by atoms with van der Waals surface area (Å²) in [6, 6.07) is 12.2. The minimum Gasteiger partial charge on any atom is -0.333 e. The van der Waals surface area contributed by atoms with Crippen LogP contribution in [0.4, 0.5) is 8.78 Å². The molecule has 1 saturated heterocycles. The Balaban J connectivity index is 0.00000208. The van der Waals surface area contributed by atoms with Crippen molar-refractivity contribution in [3.8, 4) is 0 Å². The number of carbonyl (C=O) groups is 1. The van der Waals surface area contributed by atoms with Crippen molar-refractivity contribution in [3.05, 3.63) is 71.3 Å². The zero-order chi connectivity index (χ0) is 16.2. The third kappa shape index (κ3) is 4.30. The van der Waals surface area contributed by atoms with Gasteiger partial charge in [0.05, 0.1) is 12.5 Å². The monoisotopic (exact) mass is 352 g/mol. The van der Waals surface area contributed by atoms with Crippen LogP contribution in [0.3, 0.4) is 0 Å². The smallest absolute Gasteiger partial charge is 0.227 e. The summed E-state index contributed by atoms with van der Waals surface area (Å²) < 4.78 is 26.7. The quantitative estimate of drug-likeness (QED) is 0.920. The number of hydrogen-bond donors (Lipinski definition) is 1. The molecule has 0 radical (unpaired) electrons. The average molecular weight is 353 g/mol. The van der Waals surface area contributed by atoms with Gasteiger partial charge in [0, 0.05) is 19.6 Å². The van der Waals surface area contributed by atoms with Crippen LogP contribution in [0.15, 0.2) is 48.5 Å². The molecular weight excluding hydrogens is 334 g/mol. The Bertz CT molecular complexity index is 711. The Hall–Kier alpha value is -1.98. The maximum Gasteiger partial charge on any atom is 0.227 e. The van der Waals surface area contributed by atoms with E-state index < -0.39 is 0 Å². The molecule has 0 aliphatic carbocycles. The highest BCUT2D eigenvalue weighted by atomic mass is 35.5. The molecule has 128 valence electrons. The van der Waals surface area contributed by atoms with Crippen molar-refractivity contribution in [1.29, 1.82) is 0 Å². The Morgan fingerprint density at radius 2 is 1.83 bits per heavy atom. The first-order chi connectivity index (χ1) is 11.1. The molecule has 1 N–H and O–H groups in total. The van der Waals surface area contributed by atoms with E-state index in [1.54, 1.807) is 23.1 Å². The van der Waals surface area contributed by atoms with Gasteiger partial charge >= 0.3 is 0 Å². The highest BCUT2D eigenvalue weighted by Crippen LogP contribution is 2.24. The molecule has 1 aliphatic rings. The van der Waals surface area contributed by atoms with Crippen LogP contribution in [0.25, 0.3) is 0 Å². The van der Waals surface area contributed by atoms with Crippen LogP contribution in [0.1, 0.15) is 17.2 Å². The van der Waals surface area contributed by atoms with E-state index in [0.717, 1.165) is 5.56 Å². The molecule has 6 heteroatoms. The average Bonchev–Trinajstić information content (AvgIpc) is 2.55. The van der Waals surface area contributed by atoms with Crippen molar-refractivity contribution in [3.63, 3.8) is 0 Å². The summed E-state index contributed by atoms with van der Waals surface area (Å²) in [5, 5.41) is 3.23. The lowest BCUT2D eigenvalue weighted by Gasteiger charge is -2.36. The molecule has 0 saturated carbocycles. The van der Waals surface area contributed by atoms with Gasteiger partial charge < -0.3 is 10.2 Å². The Labute approximate surface area is 146 Å². The largest absolute Gasteiger partial charge is 0.333 e. The fourth-order valence-electron chi connectivity index (χ4n) is 2.94. The molecule has 1 unspecified atom stereocenters. The highest BCUT2D eigenvalue weighted by Gasteiger charge is 2.28. The molecule has 3 nitrogen and oxygen atoms in total.